The van der Waals surface area contributed by atoms with Crippen molar-refractivity contribution in [3.8, 4) is 5.75 Å². The molecule has 0 bridgehead atoms. The van der Waals surface area contributed by atoms with Crippen LogP contribution in [0, 0.1) is 0 Å². The number of anilines is 2. The lowest BCUT2D eigenvalue weighted by atomic mass is 10.1. The second kappa shape index (κ2) is 6.76. The summed E-state index contributed by atoms with van der Waals surface area (Å²) in [5, 5.41) is 0. The predicted molar refractivity (Wildman–Crippen MR) is 95.6 cm³/mol. The summed E-state index contributed by atoms with van der Waals surface area (Å²) in [5.41, 5.74) is 2.66. The Morgan fingerprint density at radius 1 is 1.12 bits per heavy atom. The van der Waals surface area contributed by atoms with Gasteiger partial charge in [-0.25, -0.2) is 4.98 Å². The number of H-pyrrole nitrogens is 1. The van der Waals surface area contributed by atoms with Gasteiger partial charge in [-0.05, 0) is 24.3 Å². The van der Waals surface area contributed by atoms with Gasteiger partial charge in [-0.3, -0.25) is 9.78 Å². The zero-order valence-electron chi connectivity index (χ0n) is 14.3. The van der Waals surface area contributed by atoms with E-state index in [1.807, 2.05) is 12.1 Å². The molecule has 0 atom stereocenters. The van der Waals surface area contributed by atoms with E-state index >= 15 is 0 Å². The SMILES string of the molecule is COc1ccc(N2CCN(c3nc4c(c(=O)[nH]3)COCC4)CC2)cc1. The molecule has 0 saturated carbocycles. The van der Waals surface area contributed by atoms with E-state index in [1.54, 1.807) is 7.11 Å². The third kappa shape index (κ3) is 3.19. The van der Waals surface area contributed by atoms with Crippen molar-refractivity contribution in [2.45, 2.75) is 13.0 Å². The smallest absolute Gasteiger partial charge is 0.258 e. The first-order valence-corrected chi connectivity index (χ1v) is 8.58. The molecule has 2 aliphatic rings. The number of hydrogen-bond donors (Lipinski definition) is 1. The summed E-state index contributed by atoms with van der Waals surface area (Å²) < 4.78 is 10.6. The van der Waals surface area contributed by atoms with Crippen molar-refractivity contribution in [3.63, 3.8) is 0 Å². The Kier molecular flexibility index (Phi) is 4.31. The fraction of sp³-hybridized carbons (Fsp3) is 0.444. The lowest BCUT2D eigenvalue weighted by Gasteiger charge is -2.36. The van der Waals surface area contributed by atoms with Crippen LogP contribution in [-0.2, 0) is 17.8 Å². The maximum absolute atomic E-state index is 12.2. The monoisotopic (exact) mass is 342 g/mol. The van der Waals surface area contributed by atoms with Gasteiger partial charge in [0.15, 0.2) is 0 Å². The van der Waals surface area contributed by atoms with E-state index in [2.05, 4.69) is 31.9 Å². The second-order valence-electron chi connectivity index (χ2n) is 6.29. The topological polar surface area (TPSA) is 70.7 Å². The van der Waals surface area contributed by atoms with Crippen molar-refractivity contribution in [2.75, 3.05) is 49.7 Å². The number of aromatic nitrogens is 2. The number of fused-ring (bicyclic) bond motifs is 1. The minimum absolute atomic E-state index is 0.0720. The van der Waals surface area contributed by atoms with E-state index in [9.17, 15) is 4.79 Å². The molecular weight excluding hydrogens is 320 g/mol. The third-order valence-electron chi connectivity index (χ3n) is 4.84. The van der Waals surface area contributed by atoms with E-state index in [4.69, 9.17) is 9.47 Å². The first-order valence-electron chi connectivity index (χ1n) is 8.58. The Hall–Kier alpha value is -2.54. The second-order valence-corrected chi connectivity index (χ2v) is 6.29. The third-order valence-corrected chi connectivity index (χ3v) is 4.84. The Balaban J connectivity index is 1.46. The molecule has 1 aromatic carbocycles. The molecule has 0 unspecified atom stereocenters. The molecular formula is C18H22N4O3. The van der Waals surface area contributed by atoms with E-state index < -0.39 is 0 Å². The summed E-state index contributed by atoms with van der Waals surface area (Å²) in [6, 6.07) is 8.11. The van der Waals surface area contributed by atoms with E-state index in [0.29, 0.717) is 31.1 Å². The average Bonchev–Trinajstić information content (AvgIpc) is 2.68. The molecule has 25 heavy (non-hydrogen) atoms. The summed E-state index contributed by atoms with van der Waals surface area (Å²) in [5.74, 6) is 1.54. The standard InChI is InChI=1S/C18H22N4O3/c1-24-14-4-2-13(3-5-14)21-7-9-22(10-8-21)18-19-16-6-11-25-12-15(16)17(23)20-18/h2-5H,6-12H2,1H3,(H,19,20,23). The zero-order valence-corrected chi connectivity index (χ0v) is 14.3. The number of piperazine rings is 1. The summed E-state index contributed by atoms with van der Waals surface area (Å²) in [7, 11) is 1.67. The molecule has 7 heteroatoms. The fourth-order valence-electron chi connectivity index (χ4n) is 3.35. The van der Waals surface area contributed by atoms with Crippen LogP contribution in [0.1, 0.15) is 11.3 Å². The predicted octanol–water partition coefficient (Wildman–Crippen LogP) is 1.18. The molecule has 1 fully saturated rings. The molecule has 0 spiro atoms. The van der Waals surface area contributed by atoms with Gasteiger partial charge in [-0.1, -0.05) is 0 Å². The Bertz CT molecular complexity index is 795. The average molecular weight is 342 g/mol. The highest BCUT2D eigenvalue weighted by Crippen LogP contribution is 2.22. The Morgan fingerprint density at radius 3 is 2.56 bits per heavy atom. The molecule has 0 aliphatic carbocycles. The van der Waals surface area contributed by atoms with Gasteiger partial charge in [0, 0.05) is 38.3 Å². The van der Waals surface area contributed by atoms with Crippen LogP contribution < -0.4 is 20.1 Å². The van der Waals surface area contributed by atoms with Gasteiger partial charge < -0.3 is 19.3 Å². The molecule has 3 heterocycles. The minimum Gasteiger partial charge on any atom is -0.497 e. The number of hydrogen-bond acceptors (Lipinski definition) is 6. The van der Waals surface area contributed by atoms with Crippen LogP contribution in [0.25, 0.3) is 0 Å². The van der Waals surface area contributed by atoms with Crippen LogP contribution in [-0.4, -0.2) is 49.9 Å². The van der Waals surface area contributed by atoms with Gasteiger partial charge >= 0.3 is 0 Å². The molecule has 0 radical (unpaired) electrons. The highest BCUT2D eigenvalue weighted by atomic mass is 16.5. The van der Waals surface area contributed by atoms with Gasteiger partial charge in [-0.2, -0.15) is 0 Å². The van der Waals surface area contributed by atoms with Crippen molar-refractivity contribution in [1.29, 1.82) is 0 Å². The number of rotatable bonds is 3. The Morgan fingerprint density at radius 2 is 1.84 bits per heavy atom. The summed E-state index contributed by atoms with van der Waals surface area (Å²) in [6.45, 7) is 4.41. The molecule has 7 nitrogen and oxygen atoms in total. The zero-order chi connectivity index (χ0) is 17.2. The van der Waals surface area contributed by atoms with Gasteiger partial charge in [0.1, 0.15) is 5.75 Å². The van der Waals surface area contributed by atoms with Gasteiger partial charge in [0.25, 0.3) is 5.56 Å². The normalized spacial score (nSPS) is 17.3. The van der Waals surface area contributed by atoms with Gasteiger partial charge in [-0.15, -0.1) is 0 Å². The summed E-state index contributed by atoms with van der Waals surface area (Å²) in [6.07, 6.45) is 0.706. The van der Waals surface area contributed by atoms with Crippen molar-refractivity contribution in [3.05, 3.63) is 45.9 Å². The quantitative estimate of drug-likeness (QED) is 0.903. The van der Waals surface area contributed by atoms with Gasteiger partial charge in [0.05, 0.1) is 31.6 Å². The largest absolute Gasteiger partial charge is 0.497 e. The van der Waals surface area contributed by atoms with E-state index in [0.717, 1.165) is 37.6 Å². The molecule has 2 aliphatic heterocycles. The number of ether oxygens (including phenoxy) is 2. The maximum atomic E-state index is 12.2. The van der Waals surface area contributed by atoms with Crippen LogP contribution >= 0.6 is 0 Å². The van der Waals surface area contributed by atoms with E-state index in [1.165, 1.54) is 5.69 Å². The van der Waals surface area contributed by atoms with Crippen LogP contribution in [0.4, 0.5) is 11.6 Å². The summed E-state index contributed by atoms with van der Waals surface area (Å²) >= 11 is 0. The fourth-order valence-corrected chi connectivity index (χ4v) is 3.35. The number of nitrogens with zero attached hydrogens (tertiary/aromatic N) is 3. The lowest BCUT2D eigenvalue weighted by Crippen LogP contribution is -2.47. The van der Waals surface area contributed by atoms with Crippen LogP contribution in [0.15, 0.2) is 29.1 Å². The number of aromatic amines is 1. The number of benzene rings is 1. The Labute approximate surface area is 146 Å². The van der Waals surface area contributed by atoms with Crippen LogP contribution in [0.3, 0.4) is 0 Å². The first kappa shape index (κ1) is 16.0. The molecule has 0 amide bonds. The van der Waals surface area contributed by atoms with Crippen molar-refractivity contribution < 1.29 is 9.47 Å². The number of nitrogens with one attached hydrogen (secondary N) is 1. The summed E-state index contributed by atoms with van der Waals surface area (Å²) in [4.78, 5) is 24.3. The lowest BCUT2D eigenvalue weighted by molar-refractivity contribution is 0.108. The first-order chi connectivity index (χ1) is 12.2. The van der Waals surface area contributed by atoms with Crippen LogP contribution in [0.5, 0.6) is 5.75 Å². The minimum atomic E-state index is -0.0720. The van der Waals surface area contributed by atoms with Gasteiger partial charge in [0.2, 0.25) is 5.95 Å². The molecule has 4 rings (SSSR count). The molecule has 1 aromatic heterocycles. The highest BCUT2D eigenvalue weighted by molar-refractivity contribution is 5.50. The molecule has 1 saturated heterocycles. The molecule has 2 aromatic rings. The van der Waals surface area contributed by atoms with Crippen LogP contribution in [0.2, 0.25) is 0 Å². The van der Waals surface area contributed by atoms with Crippen molar-refractivity contribution in [2.24, 2.45) is 0 Å². The maximum Gasteiger partial charge on any atom is 0.258 e. The number of methoxy groups -OCH3 is 1. The molecule has 132 valence electrons. The molecule has 1 N–H and O–H groups in total. The highest BCUT2D eigenvalue weighted by Gasteiger charge is 2.22. The van der Waals surface area contributed by atoms with Crippen molar-refractivity contribution in [1.82, 2.24) is 9.97 Å². The van der Waals surface area contributed by atoms with E-state index in [-0.39, 0.29) is 5.56 Å². The van der Waals surface area contributed by atoms with Crippen molar-refractivity contribution >= 4 is 11.6 Å².